The predicted octanol–water partition coefficient (Wildman–Crippen LogP) is 2.23. The van der Waals surface area contributed by atoms with Crippen molar-refractivity contribution in [1.82, 2.24) is 9.55 Å². The van der Waals surface area contributed by atoms with E-state index in [1.54, 1.807) is 11.6 Å². The van der Waals surface area contributed by atoms with E-state index < -0.39 is 0 Å². The van der Waals surface area contributed by atoms with Crippen LogP contribution in [0.25, 0.3) is 11.0 Å². The first-order valence-corrected chi connectivity index (χ1v) is 6.48. The SMILES string of the molecule is Cn1c(=O)[nH]c2cc(CCCI)ccc21. The van der Waals surface area contributed by atoms with Crippen LogP contribution in [0.1, 0.15) is 12.0 Å². The Labute approximate surface area is 102 Å². The van der Waals surface area contributed by atoms with E-state index in [0.717, 1.165) is 17.5 Å². The van der Waals surface area contributed by atoms with E-state index in [1.165, 1.54) is 16.4 Å². The van der Waals surface area contributed by atoms with Crippen molar-refractivity contribution < 1.29 is 0 Å². The number of aromatic amines is 1. The van der Waals surface area contributed by atoms with Gasteiger partial charge in [0.05, 0.1) is 11.0 Å². The number of aromatic nitrogens is 2. The van der Waals surface area contributed by atoms with Crippen molar-refractivity contribution in [2.24, 2.45) is 7.05 Å². The Morgan fingerprint density at radius 1 is 1.47 bits per heavy atom. The molecule has 15 heavy (non-hydrogen) atoms. The van der Waals surface area contributed by atoms with Gasteiger partial charge in [0.2, 0.25) is 0 Å². The third-order valence-electron chi connectivity index (χ3n) is 2.57. The van der Waals surface area contributed by atoms with Crippen LogP contribution in [0.2, 0.25) is 0 Å². The zero-order valence-electron chi connectivity index (χ0n) is 8.59. The van der Waals surface area contributed by atoms with Gasteiger partial charge in [0.15, 0.2) is 0 Å². The summed E-state index contributed by atoms with van der Waals surface area (Å²) < 4.78 is 2.80. The molecule has 80 valence electrons. The van der Waals surface area contributed by atoms with E-state index in [2.05, 4.69) is 39.7 Å². The average molecular weight is 316 g/mol. The van der Waals surface area contributed by atoms with Gasteiger partial charge >= 0.3 is 5.69 Å². The topological polar surface area (TPSA) is 37.8 Å². The molecule has 1 aromatic carbocycles. The van der Waals surface area contributed by atoms with Crippen molar-refractivity contribution in [3.05, 3.63) is 34.2 Å². The molecule has 0 aliphatic heterocycles. The summed E-state index contributed by atoms with van der Waals surface area (Å²) in [6.07, 6.45) is 2.26. The fourth-order valence-corrected chi connectivity index (χ4v) is 2.09. The van der Waals surface area contributed by atoms with Crippen LogP contribution >= 0.6 is 22.6 Å². The van der Waals surface area contributed by atoms with Crippen molar-refractivity contribution in [1.29, 1.82) is 0 Å². The number of hydrogen-bond donors (Lipinski definition) is 1. The number of fused-ring (bicyclic) bond motifs is 1. The van der Waals surface area contributed by atoms with Crippen LogP contribution in [0.3, 0.4) is 0 Å². The highest BCUT2D eigenvalue weighted by Crippen LogP contribution is 2.13. The van der Waals surface area contributed by atoms with Crippen LogP contribution in [0.5, 0.6) is 0 Å². The van der Waals surface area contributed by atoms with Gasteiger partial charge in [-0.05, 0) is 35.0 Å². The molecule has 0 fully saturated rings. The first kappa shape index (κ1) is 10.7. The number of halogens is 1. The standard InChI is InChI=1S/C11H13IN2O/c1-14-10-5-4-8(3-2-6-12)7-9(10)13-11(14)15/h4-5,7H,2-3,6H2,1H3,(H,13,15). The number of nitrogens with one attached hydrogen (secondary N) is 1. The minimum absolute atomic E-state index is 0.0453. The number of benzene rings is 1. The highest BCUT2D eigenvalue weighted by atomic mass is 127. The summed E-state index contributed by atoms with van der Waals surface area (Å²) in [6, 6.07) is 6.18. The van der Waals surface area contributed by atoms with Crippen LogP contribution in [0, 0.1) is 0 Å². The van der Waals surface area contributed by atoms with E-state index in [-0.39, 0.29) is 5.69 Å². The second kappa shape index (κ2) is 4.38. The molecule has 0 unspecified atom stereocenters. The Kier molecular flexibility index (Phi) is 3.14. The quantitative estimate of drug-likeness (QED) is 0.684. The van der Waals surface area contributed by atoms with Gasteiger partial charge in [0.25, 0.3) is 0 Å². The average Bonchev–Trinajstić information content (AvgIpc) is 2.52. The van der Waals surface area contributed by atoms with Crippen molar-refractivity contribution >= 4 is 33.6 Å². The predicted molar refractivity (Wildman–Crippen MR) is 70.7 cm³/mol. The Hall–Kier alpha value is -0.780. The Balaban J connectivity index is 2.43. The number of hydrogen-bond acceptors (Lipinski definition) is 1. The van der Waals surface area contributed by atoms with Crippen LogP contribution in [0.15, 0.2) is 23.0 Å². The Morgan fingerprint density at radius 3 is 3.00 bits per heavy atom. The van der Waals surface area contributed by atoms with E-state index in [0.29, 0.717) is 0 Å². The number of imidazole rings is 1. The maximum Gasteiger partial charge on any atom is 0.326 e. The molecule has 0 saturated heterocycles. The summed E-state index contributed by atoms with van der Waals surface area (Å²) in [6.45, 7) is 0. The number of rotatable bonds is 3. The first-order valence-electron chi connectivity index (χ1n) is 4.96. The molecule has 0 aliphatic carbocycles. The molecule has 0 bridgehead atoms. The van der Waals surface area contributed by atoms with Gasteiger partial charge in [-0.25, -0.2) is 4.79 Å². The van der Waals surface area contributed by atoms with Gasteiger partial charge in [0.1, 0.15) is 0 Å². The molecule has 0 spiro atoms. The van der Waals surface area contributed by atoms with Crippen LogP contribution in [0.4, 0.5) is 0 Å². The van der Waals surface area contributed by atoms with Crippen molar-refractivity contribution in [2.45, 2.75) is 12.8 Å². The molecule has 3 nitrogen and oxygen atoms in total. The molecule has 0 saturated carbocycles. The fraction of sp³-hybridized carbons (Fsp3) is 0.364. The summed E-state index contributed by atoms with van der Waals surface area (Å²) in [5.74, 6) is 0. The lowest BCUT2D eigenvalue weighted by Crippen LogP contribution is -2.11. The Bertz CT molecular complexity index is 527. The highest BCUT2D eigenvalue weighted by Gasteiger charge is 2.03. The molecule has 2 rings (SSSR count). The molecular formula is C11H13IN2O. The van der Waals surface area contributed by atoms with Gasteiger partial charge in [0, 0.05) is 7.05 Å². The van der Waals surface area contributed by atoms with Gasteiger partial charge in [-0.3, -0.25) is 4.57 Å². The second-order valence-corrected chi connectivity index (χ2v) is 4.71. The normalized spacial score (nSPS) is 11.1. The minimum atomic E-state index is -0.0453. The molecule has 2 aromatic rings. The zero-order valence-corrected chi connectivity index (χ0v) is 10.7. The molecule has 1 N–H and O–H groups in total. The largest absolute Gasteiger partial charge is 0.326 e. The Morgan fingerprint density at radius 2 is 2.27 bits per heavy atom. The summed E-state index contributed by atoms with van der Waals surface area (Å²) in [7, 11) is 1.78. The number of nitrogens with zero attached hydrogens (tertiary/aromatic N) is 1. The van der Waals surface area contributed by atoms with Gasteiger partial charge in [-0.15, -0.1) is 0 Å². The third-order valence-corrected chi connectivity index (χ3v) is 3.33. The molecule has 1 heterocycles. The number of aryl methyl sites for hydroxylation is 2. The molecule has 0 atom stereocenters. The lowest BCUT2D eigenvalue weighted by molar-refractivity contribution is 0.891. The lowest BCUT2D eigenvalue weighted by Gasteiger charge is -1.99. The fourth-order valence-electron chi connectivity index (χ4n) is 1.71. The lowest BCUT2D eigenvalue weighted by atomic mass is 10.1. The number of H-pyrrole nitrogens is 1. The summed E-state index contributed by atoms with van der Waals surface area (Å²) in [4.78, 5) is 14.2. The smallest absolute Gasteiger partial charge is 0.306 e. The van der Waals surface area contributed by atoms with E-state index >= 15 is 0 Å². The third kappa shape index (κ3) is 2.09. The molecule has 1 aromatic heterocycles. The number of alkyl halides is 1. The van der Waals surface area contributed by atoms with E-state index in [1.807, 2.05) is 6.07 Å². The summed E-state index contributed by atoms with van der Waals surface area (Å²) in [5.41, 5.74) is 3.16. The van der Waals surface area contributed by atoms with E-state index in [4.69, 9.17) is 0 Å². The maximum atomic E-state index is 11.4. The van der Waals surface area contributed by atoms with E-state index in [9.17, 15) is 4.79 Å². The highest BCUT2D eigenvalue weighted by molar-refractivity contribution is 14.1. The minimum Gasteiger partial charge on any atom is -0.306 e. The molecular weight excluding hydrogens is 303 g/mol. The van der Waals surface area contributed by atoms with Crippen molar-refractivity contribution in [3.8, 4) is 0 Å². The molecule has 0 radical (unpaired) electrons. The summed E-state index contributed by atoms with van der Waals surface area (Å²) >= 11 is 2.38. The zero-order chi connectivity index (χ0) is 10.8. The monoisotopic (exact) mass is 316 g/mol. The van der Waals surface area contributed by atoms with Crippen LogP contribution in [-0.2, 0) is 13.5 Å². The molecule has 0 amide bonds. The van der Waals surface area contributed by atoms with Gasteiger partial charge in [-0.2, -0.15) is 0 Å². The maximum absolute atomic E-state index is 11.4. The van der Waals surface area contributed by atoms with Crippen molar-refractivity contribution in [3.63, 3.8) is 0 Å². The molecule has 0 aliphatic rings. The van der Waals surface area contributed by atoms with Crippen LogP contribution in [-0.4, -0.2) is 14.0 Å². The first-order chi connectivity index (χ1) is 7.22. The summed E-state index contributed by atoms with van der Waals surface area (Å²) in [5, 5.41) is 0. The van der Waals surface area contributed by atoms with Gasteiger partial charge < -0.3 is 4.98 Å². The van der Waals surface area contributed by atoms with Crippen molar-refractivity contribution in [2.75, 3.05) is 4.43 Å². The van der Waals surface area contributed by atoms with Gasteiger partial charge in [-0.1, -0.05) is 28.7 Å². The second-order valence-electron chi connectivity index (χ2n) is 3.63. The van der Waals surface area contributed by atoms with Crippen LogP contribution < -0.4 is 5.69 Å². The molecule has 4 heteroatoms.